The monoisotopic (exact) mass is 573 g/mol. The van der Waals surface area contributed by atoms with E-state index in [1.54, 1.807) is 24.3 Å². The van der Waals surface area contributed by atoms with Crippen molar-refractivity contribution >= 4 is 60.5 Å². The first-order chi connectivity index (χ1) is 18.7. The molecule has 0 aliphatic carbocycles. The number of methoxy groups -OCH3 is 2. The van der Waals surface area contributed by atoms with E-state index in [0.29, 0.717) is 44.6 Å². The third kappa shape index (κ3) is 6.90. The zero-order valence-electron chi connectivity index (χ0n) is 21.3. The molecular formula is C27H27NO9S2. The number of nitrogens with zero attached hydrogens (tertiary/aromatic N) is 1. The summed E-state index contributed by atoms with van der Waals surface area (Å²) in [7, 11) is 3.06. The van der Waals surface area contributed by atoms with Gasteiger partial charge in [0, 0.05) is 42.5 Å². The molecule has 3 heterocycles. The van der Waals surface area contributed by atoms with E-state index in [9.17, 15) is 14.4 Å². The Kier molecular flexibility index (Phi) is 9.12. The van der Waals surface area contributed by atoms with Gasteiger partial charge in [0.25, 0.3) is 0 Å². The van der Waals surface area contributed by atoms with E-state index in [1.165, 1.54) is 36.9 Å². The summed E-state index contributed by atoms with van der Waals surface area (Å²) in [6.07, 6.45) is -1.41. The predicted octanol–water partition coefficient (Wildman–Crippen LogP) is 4.47. The fourth-order valence-electron chi connectivity index (χ4n) is 3.92. The number of rotatable bonds is 14. The third-order valence-corrected chi connectivity index (χ3v) is 8.16. The van der Waals surface area contributed by atoms with E-state index in [2.05, 4.69) is 4.98 Å². The van der Waals surface area contributed by atoms with Gasteiger partial charge in [-0.25, -0.2) is 4.98 Å². The molecule has 0 fully saturated rings. The van der Waals surface area contributed by atoms with Gasteiger partial charge in [0.15, 0.2) is 29.4 Å². The van der Waals surface area contributed by atoms with Crippen molar-refractivity contribution in [1.29, 1.82) is 0 Å². The van der Waals surface area contributed by atoms with E-state index in [1.807, 2.05) is 6.07 Å². The van der Waals surface area contributed by atoms with Crippen LogP contribution in [0.1, 0.15) is 50.7 Å². The number of ether oxygens (including phenoxy) is 3. The Balaban J connectivity index is 1.49. The van der Waals surface area contributed by atoms with Gasteiger partial charge in [-0.15, -0.1) is 22.7 Å². The summed E-state index contributed by atoms with van der Waals surface area (Å²) in [5.74, 6) is 0.125. The Morgan fingerprint density at radius 2 is 1.51 bits per heavy atom. The molecule has 10 nitrogen and oxygen atoms in total. The summed E-state index contributed by atoms with van der Waals surface area (Å²) in [5, 5.41) is 27.7. The number of carbonyl (C=O) groups is 3. The first-order valence-electron chi connectivity index (χ1n) is 12.0. The SMILES string of the molecule is COc1cc2sc(C(=O)CCC(O)O)cc2cc1OCCc1nc2cc(C(=O)CCC(=O)O)sc2cc1OC. The van der Waals surface area contributed by atoms with Crippen molar-refractivity contribution in [2.45, 2.75) is 38.4 Å². The van der Waals surface area contributed by atoms with E-state index in [0.717, 1.165) is 14.8 Å². The highest BCUT2D eigenvalue weighted by molar-refractivity contribution is 7.21. The van der Waals surface area contributed by atoms with Crippen molar-refractivity contribution in [3.8, 4) is 17.2 Å². The van der Waals surface area contributed by atoms with Crippen molar-refractivity contribution < 1.29 is 43.9 Å². The number of benzene rings is 1. The topological polar surface area (TPSA) is 152 Å². The van der Waals surface area contributed by atoms with Gasteiger partial charge in [-0.3, -0.25) is 14.4 Å². The van der Waals surface area contributed by atoms with Crippen LogP contribution in [-0.2, 0) is 11.2 Å². The fourth-order valence-corrected chi connectivity index (χ4v) is 5.96. The van der Waals surface area contributed by atoms with Gasteiger partial charge in [-0.05, 0) is 23.6 Å². The predicted molar refractivity (Wildman–Crippen MR) is 147 cm³/mol. The molecule has 3 aromatic heterocycles. The molecule has 0 atom stereocenters. The molecule has 0 saturated carbocycles. The minimum Gasteiger partial charge on any atom is -0.495 e. The number of aromatic nitrogens is 1. The normalized spacial score (nSPS) is 11.3. The molecule has 0 saturated heterocycles. The lowest BCUT2D eigenvalue weighted by Gasteiger charge is -2.12. The highest BCUT2D eigenvalue weighted by Gasteiger charge is 2.17. The van der Waals surface area contributed by atoms with Crippen LogP contribution in [0.2, 0.25) is 0 Å². The maximum absolute atomic E-state index is 12.4. The second kappa shape index (κ2) is 12.5. The number of fused-ring (bicyclic) bond motifs is 2. The van der Waals surface area contributed by atoms with Gasteiger partial charge in [0.1, 0.15) is 5.75 Å². The number of carboxylic acid groups (broad SMARTS) is 1. The smallest absolute Gasteiger partial charge is 0.303 e. The maximum Gasteiger partial charge on any atom is 0.303 e. The molecule has 206 valence electrons. The summed E-state index contributed by atoms with van der Waals surface area (Å²) in [5.41, 5.74) is 1.26. The molecule has 0 aliphatic rings. The number of aliphatic carboxylic acids is 1. The van der Waals surface area contributed by atoms with Crippen molar-refractivity contribution in [3.63, 3.8) is 0 Å². The van der Waals surface area contributed by atoms with Crippen molar-refractivity contribution in [3.05, 3.63) is 45.8 Å². The first kappa shape index (κ1) is 28.4. The van der Waals surface area contributed by atoms with Crippen LogP contribution in [0.5, 0.6) is 17.2 Å². The Morgan fingerprint density at radius 3 is 2.21 bits per heavy atom. The lowest BCUT2D eigenvalue weighted by Crippen LogP contribution is -2.07. The third-order valence-electron chi connectivity index (χ3n) is 5.91. The minimum absolute atomic E-state index is 0.0260. The van der Waals surface area contributed by atoms with Crippen LogP contribution in [0.3, 0.4) is 0 Å². The van der Waals surface area contributed by atoms with E-state index < -0.39 is 12.3 Å². The second-order valence-corrected chi connectivity index (χ2v) is 10.8. The number of aliphatic hydroxyl groups is 2. The van der Waals surface area contributed by atoms with Gasteiger partial charge >= 0.3 is 5.97 Å². The van der Waals surface area contributed by atoms with Crippen LogP contribution in [-0.4, -0.2) is 65.0 Å². The number of carboxylic acids is 1. The van der Waals surface area contributed by atoms with Crippen LogP contribution in [0, 0.1) is 0 Å². The van der Waals surface area contributed by atoms with E-state index in [-0.39, 0.29) is 43.9 Å². The van der Waals surface area contributed by atoms with Gasteiger partial charge in [0.2, 0.25) is 0 Å². The number of aliphatic hydroxyl groups excluding tert-OH is 1. The highest BCUT2D eigenvalue weighted by atomic mass is 32.1. The van der Waals surface area contributed by atoms with Gasteiger partial charge in [0.05, 0.1) is 52.9 Å². The molecule has 39 heavy (non-hydrogen) atoms. The summed E-state index contributed by atoms with van der Waals surface area (Å²) < 4.78 is 18.6. The molecule has 3 N–H and O–H groups in total. The molecule has 12 heteroatoms. The van der Waals surface area contributed by atoms with Crippen LogP contribution in [0.4, 0.5) is 0 Å². The molecule has 1 aromatic carbocycles. The van der Waals surface area contributed by atoms with Crippen LogP contribution in [0.25, 0.3) is 20.3 Å². The van der Waals surface area contributed by atoms with Crippen molar-refractivity contribution in [1.82, 2.24) is 4.98 Å². The quantitative estimate of drug-likeness (QED) is 0.145. The van der Waals surface area contributed by atoms with Gasteiger partial charge in [-0.1, -0.05) is 0 Å². The summed E-state index contributed by atoms with van der Waals surface area (Å²) in [4.78, 5) is 41.2. The molecule has 0 spiro atoms. The standard InChI is InChI=1S/C27H27NO9S2/c1-35-19-12-23-16(11-25(39-23)18(30)4-6-27(33)34)28-15(19)7-8-37-21-9-14-10-24(17(29)3-5-26(31)32)38-22(14)13-20(21)36-2/h9-13,26,31-32H,3-8H2,1-2H3,(H,33,34). The average Bonchev–Trinajstić information content (AvgIpc) is 3.52. The molecule has 0 unspecified atom stereocenters. The lowest BCUT2D eigenvalue weighted by atomic mass is 10.1. The number of Topliss-reactive ketones (excluding diaryl/α,β-unsaturated/α-hetero) is 2. The molecular weight excluding hydrogens is 546 g/mol. The van der Waals surface area contributed by atoms with Crippen LogP contribution < -0.4 is 14.2 Å². The fraction of sp³-hybridized carbons (Fsp3) is 0.333. The minimum atomic E-state index is -1.52. The largest absolute Gasteiger partial charge is 0.495 e. The van der Waals surface area contributed by atoms with E-state index >= 15 is 0 Å². The molecule has 4 aromatic rings. The number of thiophene rings is 2. The average molecular weight is 574 g/mol. The number of ketones is 2. The zero-order valence-corrected chi connectivity index (χ0v) is 22.9. The number of carbonyl (C=O) groups excluding carboxylic acids is 2. The van der Waals surface area contributed by atoms with E-state index in [4.69, 9.17) is 29.5 Å². The molecule has 0 bridgehead atoms. The van der Waals surface area contributed by atoms with Crippen LogP contribution >= 0.6 is 22.7 Å². The molecule has 0 aliphatic heterocycles. The number of hydrogen-bond donors (Lipinski definition) is 3. The summed E-state index contributed by atoms with van der Waals surface area (Å²) >= 11 is 2.55. The zero-order chi connectivity index (χ0) is 28.1. The van der Waals surface area contributed by atoms with Gasteiger partial charge in [-0.2, -0.15) is 0 Å². The second-order valence-electron chi connectivity index (χ2n) is 8.64. The molecule has 0 amide bonds. The first-order valence-corrected chi connectivity index (χ1v) is 13.7. The Morgan fingerprint density at radius 1 is 0.846 bits per heavy atom. The number of pyridine rings is 1. The van der Waals surface area contributed by atoms with Gasteiger partial charge < -0.3 is 29.5 Å². The molecule has 0 radical (unpaired) electrons. The number of hydrogen-bond acceptors (Lipinski definition) is 11. The van der Waals surface area contributed by atoms with Crippen molar-refractivity contribution in [2.24, 2.45) is 0 Å². The lowest BCUT2D eigenvalue weighted by molar-refractivity contribution is -0.136. The highest BCUT2D eigenvalue weighted by Crippen LogP contribution is 2.37. The van der Waals surface area contributed by atoms with Crippen LogP contribution in [0.15, 0.2) is 30.3 Å². The van der Waals surface area contributed by atoms with Crippen molar-refractivity contribution in [2.75, 3.05) is 20.8 Å². The maximum atomic E-state index is 12.4. The Hall–Kier alpha value is -3.58. The Bertz CT molecular complexity index is 1520. The molecule has 4 rings (SSSR count). The summed E-state index contributed by atoms with van der Waals surface area (Å²) in [6, 6.07) is 8.82. The Labute approximate surface area is 231 Å². The summed E-state index contributed by atoms with van der Waals surface area (Å²) in [6.45, 7) is 0.246.